The third kappa shape index (κ3) is 2.30. The molecule has 0 radical (unpaired) electrons. The molecule has 0 amide bonds. The highest BCUT2D eigenvalue weighted by molar-refractivity contribution is 5.54. The summed E-state index contributed by atoms with van der Waals surface area (Å²) in [5, 5.41) is 25.1. The molecule has 3 rings (SSSR count). The largest absolute Gasteiger partial charge is 0.389 e. The molecule has 0 bridgehead atoms. The molecule has 1 atom stereocenters. The number of nitro benzene ring substituents is 1. The van der Waals surface area contributed by atoms with E-state index in [1.165, 1.54) is 10.7 Å². The van der Waals surface area contributed by atoms with Crippen LogP contribution < -0.4 is 0 Å². The molecule has 1 unspecified atom stereocenters. The monoisotopic (exact) mass is 273 g/mol. The summed E-state index contributed by atoms with van der Waals surface area (Å²) in [7, 11) is 0. The molecule has 104 valence electrons. The number of aromatic nitrogens is 2. The van der Waals surface area contributed by atoms with E-state index in [-0.39, 0.29) is 5.69 Å². The number of hydrogen-bond donors (Lipinski definition) is 1. The van der Waals surface area contributed by atoms with Gasteiger partial charge >= 0.3 is 0 Å². The average Bonchev–Trinajstić information content (AvgIpc) is 3.16. The van der Waals surface area contributed by atoms with Crippen molar-refractivity contribution in [1.29, 1.82) is 0 Å². The Kier molecular flexibility index (Phi) is 3.02. The first-order valence-corrected chi connectivity index (χ1v) is 6.58. The van der Waals surface area contributed by atoms with Gasteiger partial charge in [-0.1, -0.05) is 6.07 Å². The quantitative estimate of drug-likeness (QED) is 0.686. The molecule has 1 aliphatic carbocycles. The first kappa shape index (κ1) is 12.8. The van der Waals surface area contributed by atoms with Crippen LogP contribution in [0.15, 0.2) is 30.5 Å². The van der Waals surface area contributed by atoms with Crippen molar-refractivity contribution in [2.75, 3.05) is 0 Å². The van der Waals surface area contributed by atoms with Gasteiger partial charge in [0.15, 0.2) is 0 Å². The number of aliphatic hydroxyl groups excluding tert-OH is 1. The van der Waals surface area contributed by atoms with Gasteiger partial charge in [-0.3, -0.25) is 10.1 Å². The van der Waals surface area contributed by atoms with Gasteiger partial charge in [0.05, 0.1) is 16.7 Å². The van der Waals surface area contributed by atoms with E-state index in [9.17, 15) is 15.2 Å². The van der Waals surface area contributed by atoms with Crippen LogP contribution in [0.25, 0.3) is 5.69 Å². The lowest BCUT2D eigenvalue weighted by atomic mass is 10.1. The highest BCUT2D eigenvalue weighted by Crippen LogP contribution is 2.39. The molecule has 1 saturated carbocycles. The first-order chi connectivity index (χ1) is 9.56. The van der Waals surface area contributed by atoms with Crippen molar-refractivity contribution in [3.05, 3.63) is 51.8 Å². The molecule has 1 aliphatic rings. The van der Waals surface area contributed by atoms with E-state index in [2.05, 4.69) is 5.10 Å². The van der Waals surface area contributed by atoms with Gasteiger partial charge in [-0.15, -0.1) is 0 Å². The SMILES string of the molecule is CC(O)c1ccc(-n2ccc(C3CC3)n2)c([N+](=O)[O-])c1. The van der Waals surface area contributed by atoms with Crippen LogP contribution >= 0.6 is 0 Å². The number of rotatable bonds is 4. The van der Waals surface area contributed by atoms with E-state index in [1.54, 1.807) is 25.3 Å². The van der Waals surface area contributed by atoms with Gasteiger partial charge in [0, 0.05) is 18.2 Å². The van der Waals surface area contributed by atoms with E-state index < -0.39 is 11.0 Å². The summed E-state index contributed by atoms with van der Waals surface area (Å²) < 4.78 is 1.54. The minimum Gasteiger partial charge on any atom is -0.389 e. The van der Waals surface area contributed by atoms with Gasteiger partial charge in [0.1, 0.15) is 5.69 Å². The Hall–Kier alpha value is -2.21. The summed E-state index contributed by atoms with van der Waals surface area (Å²) in [5.41, 5.74) is 1.88. The maximum absolute atomic E-state index is 11.2. The third-order valence-corrected chi connectivity index (χ3v) is 3.53. The predicted octanol–water partition coefficient (Wildman–Crippen LogP) is 2.71. The lowest BCUT2D eigenvalue weighted by molar-refractivity contribution is -0.384. The predicted molar refractivity (Wildman–Crippen MR) is 72.8 cm³/mol. The lowest BCUT2D eigenvalue weighted by Gasteiger charge is -2.08. The number of nitro groups is 1. The van der Waals surface area contributed by atoms with Gasteiger partial charge in [-0.25, -0.2) is 4.68 Å². The summed E-state index contributed by atoms with van der Waals surface area (Å²) in [4.78, 5) is 10.8. The van der Waals surface area contributed by atoms with Crippen LogP contribution in [0, 0.1) is 10.1 Å². The lowest BCUT2D eigenvalue weighted by Crippen LogP contribution is -2.03. The summed E-state index contributed by atoms with van der Waals surface area (Å²) in [6.07, 6.45) is 3.29. The second-order valence-electron chi connectivity index (χ2n) is 5.14. The standard InChI is InChI=1S/C14H15N3O3/c1-9(18)11-4-5-13(14(8-11)17(19)20)16-7-6-12(15-16)10-2-3-10/h4-10,18H,2-3H2,1H3. The third-order valence-electron chi connectivity index (χ3n) is 3.53. The Morgan fingerprint density at radius 3 is 2.80 bits per heavy atom. The van der Waals surface area contributed by atoms with Crippen molar-refractivity contribution < 1.29 is 10.0 Å². The molecule has 6 heteroatoms. The molecule has 0 aliphatic heterocycles. The topological polar surface area (TPSA) is 81.2 Å². The molecular weight excluding hydrogens is 258 g/mol. The van der Waals surface area contributed by atoms with Crippen molar-refractivity contribution in [3.63, 3.8) is 0 Å². The minimum absolute atomic E-state index is 0.0474. The van der Waals surface area contributed by atoms with Crippen LogP contribution in [0.3, 0.4) is 0 Å². The van der Waals surface area contributed by atoms with E-state index in [4.69, 9.17) is 0 Å². The van der Waals surface area contributed by atoms with Crippen molar-refractivity contribution in [2.24, 2.45) is 0 Å². The zero-order chi connectivity index (χ0) is 14.3. The fraction of sp³-hybridized carbons (Fsp3) is 0.357. The van der Waals surface area contributed by atoms with Crippen LogP contribution in [0.1, 0.15) is 43.0 Å². The van der Waals surface area contributed by atoms with Crippen LogP contribution in [0.2, 0.25) is 0 Å². The molecular formula is C14H15N3O3. The van der Waals surface area contributed by atoms with Crippen molar-refractivity contribution in [3.8, 4) is 5.69 Å². The summed E-state index contributed by atoms with van der Waals surface area (Å²) in [6, 6.07) is 6.62. The molecule has 20 heavy (non-hydrogen) atoms. The molecule has 2 aromatic rings. The van der Waals surface area contributed by atoms with Gasteiger partial charge in [0.2, 0.25) is 0 Å². The Bertz CT molecular complexity index is 659. The summed E-state index contributed by atoms with van der Waals surface area (Å²) in [5.74, 6) is 0.507. The second-order valence-corrected chi connectivity index (χ2v) is 5.14. The van der Waals surface area contributed by atoms with Gasteiger partial charge < -0.3 is 5.11 Å². The highest BCUT2D eigenvalue weighted by atomic mass is 16.6. The smallest absolute Gasteiger partial charge is 0.295 e. The molecule has 6 nitrogen and oxygen atoms in total. The van der Waals surface area contributed by atoms with Crippen LogP contribution in [-0.2, 0) is 0 Å². The molecule has 0 spiro atoms. The first-order valence-electron chi connectivity index (χ1n) is 6.58. The Morgan fingerprint density at radius 2 is 2.20 bits per heavy atom. The van der Waals surface area contributed by atoms with E-state index >= 15 is 0 Å². The van der Waals surface area contributed by atoms with Gasteiger partial charge in [-0.05, 0) is 37.5 Å². The summed E-state index contributed by atoms with van der Waals surface area (Å²) in [6.45, 7) is 1.58. The Balaban J connectivity index is 2.04. The van der Waals surface area contributed by atoms with Crippen molar-refractivity contribution >= 4 is 5.69 Å². The molecule has 1 heterocycles. The summed E-state index contributed by atoms with van der Waals surface area (Å²) >= 11 is 0. The molecule has 1 fully saturated rings. The number of aliphatic hydroxyl groups is 1. The molecule has 1 aromatic heterocycles. The fourth-order valence-corrected chi connectivity index (χ4v) is 2.21. The van der Waals surface area contributed by atoms with Crippen LogP contribution in [0.5, 0.6) is 0 Å². The van der Waals surface area contributed by atoms with Crippen molar-refractivity contribution in [2.45, 2.75) is 31.8 Å². The zero-order valence-electron chi connectivity index (χ0n) is 11.1. The minimum atomic E-state index is -0.734. The second kappa shape index (κ2) is 4.72. The molecule has 0 saturated heterocycles. The Labute approximate surface area is 115 Å². The molecule has 1 aromatic carbocycles. The zero-order valence-corrected chi connectivity index (χ0v) is 11.1. The fourth-order valence-electron chi connectivity index (χ4n) is 2.21. The number of nitrogens with zero attached hydrogens (tertiary/aromatic N) is 3. The number of hydrogen-bond acceptors (Lipinski definition) is 4. The van der Waals surface area contributed by atoms with Gasteiger partial charge in [0.25, 0.3) is 5.69 Å². The van der Waals surface area contributed by atoms with Crippen LogP contribution in [-0.4, -0.2) is 19.8 Å². The molecule has 1 N–H and O–H groups in total. The van der Waals surface area contributed by atoms with Crippen molar-refractivity contribution in [1.82, 2.24) is 9.78 Å². The van der Waals surface area contributed by atoms with E-state index in [0.717, 1.165) is 18.5 Å². The maximum atomic E-state index is 11.2. The van der Waals surface area contributed by atoms with Crippen LogP contribution in [0.4, 0.5) is 5.69 Å². The Morgan fingerprint density at radius 1 is 1.45 bits per heavy atom. The van der Waals surface area contributed by atoms with E-state index in [1.807, 2.05) is 6.07 Å². The van der Waals surface area contributed by atoms with E-state index in [0.29, 0.717) is 17.2 Å². The number of benzene rings is 1. The van der Waals surface area contributed by atoms with Gasteiger partial charge in [-0.2, -0.15) is 5.10 Å². The average molecular weight is 273 g/mol. The normalized spacial score (nSPS) is 16.1. The maximum Gasteiger partial charge on any atom is 0.295 e. The highest BCUT2D eigenvalue weighted by Gasteiger charge is 2.27.